The van der Waals surface area contributed by atoms with Gasteiger partial charge in [0.1, 0.15) is 6.07 Å². The minimum absolute atomic E-state index is 0.126. The summed E-state index contributed by atoms with van der Waals surface area (Å²) in [7, 11) is 0. The molecule has 0 spiro atoms. The number of morpholine rings is 1. The van der Waals surface area contributed by atoms with E-state index in [2.05, 4.69) is 22.3 Å². The number of aromatic nitrogens is 3. The zero-order valence-corrected chi connectivity index (χ0v) is 13.4. The van der Waals surface area contributed by atoms with Crippen LogP contribution in [0.5, 0.6) is 0 Å². The second-order valence-electron chi connectivity index (χ2n) is 6.09. The van der Waals surface area contributed by atoms with E-state index in [0.717, 1.165) is 42.8 Å². The second-order valence-corrected chi connectivity index (χ2v) is 6.09. The quantitative estimate of drug-likeness (QED) is 0.736. The zero-order valence-electron chi connectivity index (χ0n) is 13.4. The van der Waals surface area contributed by atoms with Gasteiger partial charge in [0, 0.05) is 50.0 Å². The molecule has 1 fully saturated rings. The van der Waals surface area contributed by atoms with Gasteiger partial charge in [-0.3, -0.25) is 9.58 Å². The number of hydrogen-bond donors (Lipinski definition) is 0. The molecule has 0 N–H and O–H groups in total. The summed E-state index contributed by atoms with van der Waals surface area (Å²) < 4.78 is 9.79. The summed E-state index contributed by atoms with van der Waals surface area (Å²) in [4.78, 5) is 2.35. The number of nitrogens with zero attached hydrogens (tertiary/aromatic N) is 5. The first-order valence-corrected chi connectivity index (χ1v) is 8.13. The summed E-state index contributed by atoms with van der Waals surface area (Å²) in [6, 6.07) is 10.2. The van der Waals surface area contributed by atoms with E-state index in [1.54, 1.807) is 6.20 Å². The van der Waals surface area contributed by atoms with Gasteiger partial charge in [-0.15, -0.1) is 0 Å². The second kappa shape index (κ2) is 6.48. The van der Waals surface area contributed by atoms with Crippen LogP contribution in [0.25, 0.3) is 5.52 Å². The molecule has 6 heteroatoms. The van der Waals surface area contributed by atoms with E-state index in [1.165, 1.54) is 0 Å². The average molecular weight is 321 g/mol. The number of nitriles is 1. The Morgan fingerprint density at radius 1 is 1.29 bits per heavy atom. The van der Waals surface area contributed by atoms with Crippen molar-refractivity contribution in [2.24, 2.45) is 0 Å². The highest BCUT2D eigenvalue weighted by molar-refractivity contribution is 5.65. The molecule has 3 aromatic rings. The normalized spacial score (nSPS) is 18.7. The zero-order chi connectivity index (χ0) is 16.4. The molecular weight excluding hydrogens is 302 g/mol. The molecule has 3 aromatic heterocycles. The van der Waals surface area contributed by atoms with Gasteiger partial charge in [-0.1, -0.05) is 6.07 Å². The molecule has 0 aromatic carbocycles. The third-order valence-electron chi connectivity index (χ3n) is 4.44. The molecule has 24 heavy (non-hydrogen) atoms. The first kappa shape index (κ1) is 14.9. The standard InChI is InChI=1S/C18H19N5O/c19-10-17-15(12-22-6-2-1-4-18(17)22)11-21-8-9-24-16(13-21)14-23-7-3-5-20-23/h1-7,12,16H,8-9,11,13-14H2. The Morgan fingerprint density at radius 3 is 3.08 bits per heavy atom. The number of hydrogen-bond acceptors (Lipinski definition) is 4. The summed E-state index contributed by atoms with van der Waals surface area (Å²) in [5, 5.41) is 13.8. The van der Waals surface area contributed by atoms with Crippen molar-refractivity contribution in [3.8, 4) is 6.07 Å². The Morgan fingerprint density at radius 2 is 2.25 bits per heavy atom. The van der Waals surface area contributed by atoms with E-state index in [4.69, 9.17) is 4.74 Å². The minimum Gasteiger partial charge on any atom is -0.374 e. The van der Waals surface area contributed by atoms with Gasteiger partial charge in [0.2, 0.25) is 0 Å². The van der Waals surface area contributed by atoms with Gasteiger partial charge in [0.25, 0.3) is 0 Å². The molecule has 0 aliphatic carbocycles. The maximum Gasteiger partial charge on any atom is 0.102 e. The Kier molecular flexibility index (Phi) is 4.03. The molecule has 1 saturated heterocycles. The largest absolute Gasteiger partial charge is 0.374 e. The summed E-state index contributed by atoms with van der Waals surface area (Å²) in [5.41, 5.74) is 2.81. The lowest BCUT2D eigenvalue weighted by Gasteiger charge is -2.32. The molecule has 0 amide bonds. The van der Waals surface area contributed by atoms with Gasteiger partial charge >= 0.3 is 0 Å². The van der Waals surface area contributed by atoms with E-state index >= 15 is 0 Å². The first-order chi connectivity index (χ1) is 11.8. The summed E-state index contributed by atoms with van der Waals surface area (Å²) in [6.07, 6.45) is 7.91. The number of ether oxygens (including phenoxy) is 1. The Hall–Kier alpha value is -2.62. The van der Waals surface area contributed by atoms with Crippen molar-refractivity contribution in [3.63, 3.8) is 0 Å². The van der Waals surface area contributed by atoms with Crippen LogP contribution in [0, 0.1) is 11.3 Å². The van der Waals surface area contributed by atoms with Crippen molar-refractivity contribution < 1.29 is 4.74 Å². The van der Waals surface area contributed by atoms with Gasteiger partial charge < -0.3 is 9.14 Å². The van der Waals surface area contributed by atoms with E-state index in [0.29, 0.717) is 6.61 Å². The fourth-order valence-electron chi connectivity index (χ4n) is 3.32. The molecule has 4 rings (SSSR count). The van der Waals surface area contributed by atoms with E-state index in [1.807, 2.05) is 45.7 Å². The van der Waals surface area contributed by atoms with Gasteiger partial charge in [0.15, 0.2) is 0 Å². The van der Waals surface area contributed by atoms with Crippen LogP contribution in [0.3, 0.4) is 0 Å². The van der Waals surface area contributed by atoms with E-state index in [9.17, 15) is 5.26 Å². The van der Waals surface area contributed by atoms with Crippen molar-refractivity contribution >= 4 is 5.52 Å². The predicted octanol–water partition coefficient (Wildman–Crippen LogP) is 1.91. The number of pyridine rings is 1. The summed E-state index contributed by atoms with van der Waals surface area (Å²) in [5.74, 6) is 0. The van der Waals surface area contributed by atoms with Crippen LogP contribution in [0.2, 0.25) is 0 Å². The van der Waals surface area contributed by atoms with Gasteiger partial charge in [-0.05, 0) is 18.2 Å². The fourth-order valence-corrected chi connectivity index (χ4v) is 3.32. The lowest BCUT2D eigenvalue weighted by molar-refractivity contribution is -0.0402. The van der Waals surface area contributed by atoms with Crippen LogP contribution >= 0.6 is 0 Å². The summed E-state index contributed by atoms with van der Waals surface area (Å²) in [6.45, 7) is 3.96. The third-order valence-corrected chi connectivity index (χ3v) is 4.44. The monoisotopic (exact) mass is 321 g/mol. The molecular formula is C18H19N5O. The predicted molar refractivity (Wildman–Crippen MR) is 89.4 cm³/mol. The van der Waals surface area contributed by atoms with Crippen molar-refractivity contribution in [2.45, 2.75) is 19.2 Å². The molecule has 1 unspecified atom stereocenters. The number of fused-ring (bicyclic) bond motifs is 1. The van der Waals surface area contributed by atoms with Crippen LogP contribution in [-0.2, 0) is 17.8 Å². The molecule has 4 heterocycles. The molecule has 0 radical (unpaired) electrons. The maximum atomic E-state index is 9.54. The SMILES string of the molecule is N#Cc1c(CN2CCOC(Cn3cccn3)C2)cn2ccccc12. The highest BCUT2D eigenvalue weighted by Crippen LogP contribution is 2.20. The molecule has 1 aliphatic rings. The van der Waals surface area contributed by atoms with Crippen LogP contribution in [0.1, 0.15) is 11.1 Å². The van der Waals surface area contributed by atoms with E-state index in [-0.39, 0.29) is 6.10 Å². The van der Waals surface area contributed by atoms with Gasteiger partial charge in [-0.25, -0.2) is 0 Å². The Labute approximate surface area is 140 Å². The van der Waals surface area contributed by atoms with Crippen molar-refractivity contribution in [1.29, 1.82) is 5.26 Å². The molecule has 6 nitrogen and oxygen atoms in total. The average Bonchev–Trinajstić information content (AvgIpc) is 3.22. The smallest absolute Gasteiger partial charge is 0.102 e. The highest BCUT2D eigenvalue weighted by atomic mass is 16.5. The first-order valence-electron chi connectivity index (χ1n) is 8.13. The number of rotatable bonds is 4. The van der Waals surface area contributed by atoms with Crippen molar-refractivity contribution in [3.05, 3.63) is 60.2 Å². The molecule has 122 valence electrons. The third kappa shape index (κ3) is 2.92. The van der Waals surface area contributed by atoms with Crippen molar-refractivity contribution in [2.75, 3.05) is 19.7 Å². The van der Waals surface area contributed by atoms with Crippen molar-refractivity contribution in [1.82, 2.24) is 19.1 Å². The molecule has 1 aliphatic heterocycles. The molecule has 0 bridgehead atoms. The van der Waals surface area contributed by atoms with Gasteiger partial charge in [0.05, 0.1) is 30.3 Å². The fraction of sp³-hybridized carbons (Fsp3) is 0.333. The molecule has 1 atom stereocenters. The topological polar surface area (TPSA) is 58.5 Å². The summed E-state index contributed by atoms with van der Waals surface area (Å²) >= 11 is 0. The Balaban J connectivity index is 1.50. The minimum atomic E-state index is 0.126. The van der Waals surface area contributed by atoms with Crippen LogP contribution < -0.4 is 0 Å². The van der Waals surface area contributed by atoms with E-state index < -0.39 is 0 Å². The molecule has 0 saturated carbocycles. The van der Waals surface area contributed by atoms with Crippen LogP contribution in [-0.4, -0.2) is 44.9 Å². The Bertz CT molecular complexity index is 861. The van der Waals surface area contributed by atoms with Gasteiger partial charge in [-0.2, -0.15) is 10.4 Å². The van der Waals surface area contributed by atoms with Crippen LogP contribution in [0.4, 0.5) is 0 Å². The lowest BCUT2D eigenvalue weighted by atomic mass is 10.1. The van der Waals surface area contributed by atoms with Crippen LogP contribution in [0.15, 0.2) is 49.1 Å². The highest BCUT2D eigenvalue weighted by Gasteiger charge is 2.22. The maximum absolute atomic E-state index is 9.54. The lowest BCUT2D eigenvalue weighted by Crippen LogP contribution is -2.43.